The van der Waals surface area contributed by atoms with Crippen molar-refractivity contribution in [3.8, 4) is 0 Å². The van der Waals surface area contributed by atoms with Crippen molar-refractivity contribution in [2.75, 3.05) is 6.54 Å². The number of benzene rings is 1. The third-order valence-corrected chi connectivity index (χ3v) is 4.70. The molecule has 0 unspecified atom stereocenters. The Hall–Kier alpha value is -1.58. The van der Waals surface area contributed by atoms with Crippen LogP contribution in [0.4, 0.5) is 0 Å². The van der Waals surface area contributed by atoms with E-state index in [0.717, 1.165) is 18.4 Å². The van der Waals surface area contributed by atoms with Crippen molar-refractivity contribution in [1.82, 2.24) is 10.3 Å². The molecule has 22 heavy (non-hydrogen) atoms. The molecule has 2 atom stereocenters. The van der Waals surface area contributed by atoms with Crippen molar-refractivity contribution in [2.24, 2.45) is 5.92 Å². The molecule has 0 aliphatic heterocycles. The summed E-state index contributed by atoms with van der Waals surface area (Å²) in [4.78, 5) is 16.1. The van der Waals surface area contributed by atoms with Crippen LogP contribution in [0.25, 0.3) is 0 Å². The van der Waals surface area contributed by atoms with E-state index in [1.165, 1.54) is 5.56 Å². The number of hydrogen-bond donors (Lipinski definition) is 1. The van der Waals surface area contributed by atoms with Gasteiger partial charge in [-0.15, -0.1) is 0 Å². The predicted octanol–water partition coefficient (Wildman–Crippen LogP) is 3.85. The Balaban J connectivity index is 1.49. The quantitative estimate of drug-likeness (QED) is 0.902. The van der Waals surface area contributed by atoms with Crippen LogP contribution in [0, 0.1) is 5.92 Å². The topological polar surface area (TPSA) is 42.0 Å². The first-order valence-corrected chi connectivity index (χ1v) is 8.02. The monoisotopic (exact) mass is 334 g/mol. The molecule has 1 heterocycles. The smallest absolute Gasteiger partial charge is 0.223 e. The Morgan fingerprint density at radius 3 is 2.68 bits per heavy atom. The van der Waals surface area contributed by atoms with Gasteiger partial charge in [0.1, 0.15) is 0 Å². The van der Waals surface area contributed by atoms with Crippen molar-refractivity contribution < 1.29 is 4.79 Å². The standard InChI is InChI=1S/C17H16Cl2N2O/c18-15-2-1-12(9-16(15)19)13-10-14(13)17(22)21-8-5-11-3-6-20-7-4-11/h1-4,6-7,9,13-14H,5,8,10H2,(H,21,22)/t13-,14-/m0/s1. The van der Waals surface area contributed by atoms with E-state index in [9.17, 15) is 4.79 Å². The molecule has 3 rings (SSSR count). The van der Waals surface area contributed by atoms with Gasteiger partial charge in [-0.3, -0.25) is 9.78 Å². The first-order valence-electron chi connectivity index (χ1n) is 7.26. The van der Waals surface area contributed by atoms with Crippen LogP contribution in [-0.4, -0.2) is 17.4 Å². The minimum atomic E-state index is 0.0506. The number of nitrogens with zero attached hydrogens (tertiary/aromatic N) is 1. The highest BCUT2D eigenvalue weighted by molar-refractivity contribution is 6.42. The molecule has 0 saturated heterocycles. The highest BCUT2D eigenvalue weighted by Crippen LogP contribution is 2.48. The normalized spacial score (nSPS) is 19.7. The molecule has 3 nitrogen and oxygen atoms in total. The van der Waals surface area contributed by atoms with Crippen molar-refractivity contribution in [2.45, 2.75) is 18.8 Å². The van der Waals surface area contributed by atoms with Gasteiger partial charge in [0, 0.05) is 24.9 Å². The lowest BCUT2D eigenvalue weighted by Crippen LogP contribution is -2.27. The van der Waals surface area contributed by atoms with E-state index >= 15 is 0 Å². The summed E-state index contributed by atoms with van der Waals surface area (Å²) in [5.74, 6) is 0.426. The van der Waals surface area contributed by atoms with Gasteiger partial charge >= 0.3 is 0 Å². The minimum Gasteiger partial charge on any atom is -0.356 e. The second-order valence-corrected chi connectivity index (χ2v) is 6.33. The second-order valence-electron chi connectivity index (χ2n) is 5.52. The van der Waals surface area contributed by atoms with Crippen LogP contribution in [-0.2, 0) is 11.2 Å². The molecule has 1 saturated carbocycles. The SMILES string of the molecule is O=C(NCCc1ccncc1)[C@H]1C[C@H]1c1ccc(Cl)c(Cl)c1. The van der Waals surface area contributed by atoms with E-state index in [4.69, 9.17) is 23.2 Å². The fourth-order valence-electron chi connectivity index (χ4n) is 2.61. The van der Waals surface area contributed by atoms with Gasteiger partial charge in [-0.1, -0.05) is 29.3 Å². The summed E-state index contributed by atoms with van der Waals surface area (Å²) in [6, 6.07) is 9.52. The third-order valence-electron chi connectivity index (χ3n) is 3.96. The summed E-state index contributed by atoms with van der Waals surface area (Å²) >= 11 is 11.9. The minimum absolute atomic E-state index is 0.0506. The molecule has 114 valence electrons. The van der Waals surface area contributed by atoms with Crippen LogP contribution in [0.15, 0.2) is 42.7 Å². The average Bonchev–Trinajstić information content (AvgIpc) is 3.32. The molecule has 1 aromatic carbocycles. The maximum atomic E-state index is 12.1. The number of nitrogens with one attached hydrogen (secondary N) is 1. The van der Waals surface area contributed by atoms with Gasteiger partial charge in [-0.05, 0) is 54.2 Å². The number of hydrogen-bond acceptors (Lipinski definition) is 2. The highest BCUT2D eigenvalue weighted by Gasteiger charge is 2.43. The molecule has 1 N–H and O–H groups in total. The van der Waals surface area contributed by atoms with Crippen LogP contribution in [0.1, 0.15) is 23.5 Å². The van der Waals surface area contributed by atoms with Gasteiger partial charge < -0.3 is 5.32 Å². The van der Waals surface area contributed by atoms with Crippen LogP contribution < -0.4 is 5.32 Å². The first kappa shape index (κ1) is 15.3. The molecule has 5 heteroatoms. The number of carbonyl (C=O) groups excluding carboxylic acids is 1. The van der Waals surface area contributed by atoms with Gasteiger partial charge in [0.2, 0.25) is 5.91 Å². The Kier molecular flexibility index (Phi) is 4.65. The average molecular weight is 335 g/mol. The molecule has 0 spiro atoms. The number of rotatable bonds is 5. The van der Waals surface area contributed by atoms with E-state index in [1.54, 1.807) is 18.5 Å². The molecule has 1 aliphatic rings. The summed E-state index contributed by atoms with van der Waals surface area (Å²) < 4.78 is 0. The molecular weight excluding hydrogens is 319 g/mol. The van der Waals surface area contributed by atoms with Gasteiger partial charge in [-0.25, -0.2) is 0 Å². The lowest BCUT2D eigenvalue weighted by molar-refractivity contribution is -0.122. The molecule has 1 amide bonds. The van der Waals surface area contributed by atoms with Gasteiger partial charge in [0.15, 0.2) is 0 Å². The van der Waals surface area contributed by atoms with Crippen molar-refractivity contribution in [3.05, 3.63) is 63.9 Å². The Labute approximate surface area is 139 Å². The van der Waals surface area contributed by atoms with E-state index in [-0.39, 0.29) is 17.7 Å². The number of amides is 1. The summed E-state index contributed by atoms with van der Waals surface area (Å²) in [6.07, 6.45) is 5.22. The molecule has 0 radical (unpaired) electrons. The number of pyridine rings is 1. The summed E-state index contributed by atoms with van der Waals surface area (Å²) in [7, 11) is 0. The zero-order valence-electron chi connectivity index (χ0n) is 11.9. The number of carbonyl (C=O) groups is 1. The summed E-state index contributed by atoms with van der Waals surface area (Å²) in [5, 5.41) is 4.09. The van der Waals surface area contributed by atoms with E-state index in [2.05, 4.69) is 10.3 Å². The predicted molar refractivity (Wildman–Crippen MR) is 88.3 cm³/mol. The van der Waals surface area contributed by atoms with Crippen LogP contribution >= 0.6 is 23.2 Å². The maximum absolute atomic E-state index is 12.1. The lowest BCUT2D eigenvalue weighted by Gasteiger charge is -2.06. The third kappa shape index (κ3) is 3.60. The fraction of sp³-hybridized carbons (Fsp3) is 0.294. The Bertz CT molecular complexity index is 676. The van der Waals surface area contributed by atoms with E-state index in [1.807, 2.05) is 24.3 Å². The number of halogens is 2. The fourth-order valence-corrected chi connectivity index (χ4v) is 2.91. The van der Waals surface area contributed by atoms with Crippen molar-refractivity contribution in [3.63, 3.8) is 0 Å². The molecule has 0 bridgehead atoms. The Morgan fingerprint density at radius 1 is 1.18 bits per heavy atom. The zero-order chi connectivity index (χ0) is 15.5. The molecule has 1 aliphatic carbocycles. The van der Waals surface area contributed by atoms with Crippen molar-refractivity contribution in [1.29, 1.82) is 0 Å². The first-order chi connectivity index (χ1) is 10.6. The van der Waals surface area contributed by atoms with Gasteiger partial charge in [0.05, 0.1) is 10.0 Å². The summed E-state index contributed by atoms with van der Waals surface area (Å²) in [6.45, 7) is 0.646. The molecule has 2 aromatic rings. The van der Waals surface area contributed by atoms with Crippen LogP contribution in [0.2, 0.25) is 10.0 Å². The summed E-state index contributed by atoms with van der Waals surface area (Å²) in [5.41, 5.74) is 2.26. The van der Waals surface area contributed by atoms with Crippen LogP contribution in [0.5, 0.6) is 0 Å². The molecule has 1 fully saturated rings. The highest BCUT2D eigenvalue weighted by atomic mass is 35.5. The largest absolute Gasteiger partial charge is 0.356 e. The van der Waals surface area contributed by atoms with Gasteiger partial charge in [-0.2, -0.15) is 0 Å². The maximum Gasteiger partial charge on any atom is 0.223 e. The van der Waals surface area contributed by atoms with Gasteiger partial charge in [0.25, 0.3) is 0 Å². The number of aromatic nitrogens is 1. The molecule has 1 aromatic heterocycles. The van der Waals surface area contributed by atoms with E-state index < -0.39 is 0 Å². The van der Waals surface area contributed by atoms with E-state index in [0.29, 0.717) is 16.6 Å². The molecular formula is C17H16Cl2N2O. The second kappa shape index (κ2) is 6.67. The zero-order valence-corrected chi connectivity index (χ0v) is 13.4. The Morgan fingerprint density at radius 2 is 1.95 bits per heavy atom. The van der Waals surface area contributed by atoms with Crippen LogP contribution in [0.3, 0.4) is 0 Å². The lowest BCUT2D eigenvalue weighted by atomic mass is 10.1. The van der Waals surface area contributed by atoms with Crippen molar-refractivity contribution >= 4 is 29.1 Å².